The Labute approximate surface area is 323 Å². The highest BCUT2D eigenvalue weighted by molar-refractivity contribution is 7.26. The van der Waals surface area contributed by atoms with Gasteiger partial charge in [-0.3, -0.25) is 0 Å². The number of thiophene rings is 1. The molecule has 55 heavy (non-hydrogen) atoms. The molecule has 0 bridgehead atoms. The Hall–Kier alpha value is -6.94. The molecule has 0 aliphatic carbocycles. The summed E-state index contributed by atoms with van der Waals surface area (Å²) in [6, 6.07) is 75.2. The van der Waals surface area contributed by atoms with E-state index in [-0.39, 0.29) is 0 Å². The number of hydrogen-bond donors (Lipinski definition) is 0. The Balaban J connectivity index is 1.19. The number of benzene rings is 9. The van der Waals surface area contributed by atoms with E-state index in [1.807, 2.05) is 11.3 Å². The highest BCUT2D eigenvalue weighted by Gasteiger charge is 2.24. The standard InChI is InChI=1S/C52H34N2S/c1-2-17-37(18-3-1)53(38-31-29-36(30-32-38)40-24-14-16-35-15-4-5-19-39(35)40)49-34-33-44-43-22-9-13-28-50(43)55-52(44)51(49)45-23-8-12-27-48(45)54-46-25-10-6-20-41(46)42-21-7-11-26-47(42)54/h1-34H. The van der Waals surface area contributed by atoms with Crippen molar-refractivity contribution in [3.8, 4) is 27.9 Å². The number of aromatic nitrogens is 1. The maximum Gasteiger partial charge on any atom is 0.0555 e. The third-order valence-electron chi connectivity index (χ3n) is 11.0. The summed E-state index contributed by atoms with van der Waals surface area (Å²) in [5.41, 5.74) is 11.8. The molecule has 0 aliphatic heterocycles. The van der Waals surface area contributed by atoms with Gasteiger partial charge in [0, 0.05) is 53.4 Å². The van der Waals surface area contributed by atoms with E-state index in [0.717, 1.165) is 22.7 Å². The van der Waals surface area contributed by atoms with Crippen molar-refractivity contribution in [3.05, 3.63) is 206 Å². The van der Waals surface area contributed by atoms with E-state index in [4.69, 9.17) is 0 Å². The van der Waals surface area contributed by atoms with Crippen LogP contribution in [0.15, 0.2) is 206 Å². The molecule has 0 saturated carbocycles. The smallest absolute Gasteiger partial charge is 0.0555 e. The molecule has 2 nitrogen and oxygen atoms in total. The Kier molecular flexibility index (Phi) is 7.39. The van der Waals surface area contributed by atoms with Gasteiger partial charge in [-0.15, -0.1) is 11.3 Å². The SMILES string of the molecule is c1ccc(N(c2ccc(-c3cccc4ccccc34)cc2)c2ccc3c(sc4ccccc43)c2-c2ccccc2-n2c3ccccc3c3ccccc32)cc1. The van der Waals surface area contributed by atoms with Crippen molar-refractivity contribution in [3.63, 3.8) is 0 Å². The van der Waals surface area contributed by atoms with Crippen molar-refractivity contribution < 1.29 is 0 Å². The molecule has 0 amide bonds. The number of anilines is 3. The summed E-state index contributed by atoms with van der Waals surface area (Å²) in [5, 5.41) is 7.58. The number of para-hydroxylation sites is 4. The molecule has 3 heteroatoms. The lowest BCUT2D eigenvalue weighted by Crippen LogP contribution is -2.11. The zero-order valence-electron chi connectivity index (χ0n) is 29.9. The summed E-state index contributed by atoms with van der Waals surface area (Å²) in [5.74, 6) is 0. The zero-order chi connectivity index (χ0) is 36.3. The molecule has 0 N–H and O–H groups in total. The summed E-state index contributed by atoms with van der Waals surface area (Å²) in [7, 11) is 0. The van der Waals surface area contributed by atoms with Gasteiger partial charge in [-0.2, -0.15) is 0 Å². The third-order valence-corrected chi connectivity index (χ3v) is 12.2. The first kappa shape index (κ1) is 31.6. The molecule has 0 unspecified atom stereocenters. The van der Waals surface area contributed by atoms with Gasteiger partial charge in [0.15, 0.2) is 0 Å². The predicted octanol–water partition coefficient (Wildman–Crippen LogP) is 15.1. The first-order valence-corrected chi connectivity index (χ1v) is 19.6. The van der Waals surface area contributed by atoms with Gasteiger partial charge in [0.2, 0.25) is 0 Å². The van der Waals surface area contributed by atoms with E-state index in [0.29, 0.717) is 0 Å². The number of rotatable bonds is 6. The van der Waals surface area contributed by atoms with Crippen molar-refractivity contribution in [1.82, 2.24) is 4.57 Å². The van der Waals surface area contributed by atoms with Crippen LogP contribution in [0.4, 0.5) is 17.1 Å². The largest absolute Gasteiger partial charge is 0.310 e. The van der Waals surface area contributed by atoms with Gasteiger partial charge in [-0.05, 0) is 76.5 Å². The van der Waals surface area contributed by atoms with E-state index in [9.17, 15) is 0 Å². The van der Waals surface area contributed by atoms with E-state index in [1.165, 1.54) is 75.0 Å². The topological polar surface area (TPSA) is 8.17 Å². The van der Waals surface area contributed by atoms with Crippen molar-refractivity contribution in [2.75, 3.05) is 4.90 Å². The second-order valence-corrected chi connectivity index (χ2v) is 15.1. The molecular weight excluding hydrogens is 685 g/mol. The predicted molar refractivity (Wildman–Crippen MR) is 237 cm³/mol. The van der Waals surface area contributed by atoms with Gasteiger partial charge in [0.25, 0.3) is 0 Å². The number of fused-ring (bicyclic) bond motifs is 7. The molecule has 11 aromatic rings. The van der Waals surface area contributed by atoms with Crippen LogP contribution in [0.2, 0.25) is 0 Å². The fourth-order valence-corrected chi connectivity index (χ4v) is 9.82. The summed E-state index contributed by atoms with van der Waals surface area (Å²) in [6.45, 7) is 0. The lowest BCUT2D eigenvalue weighted by Gasteiger charge is -2.29. The van der Waals surface area contributed by atoms with Gasteiger partial charge in [0.05, 0.1) is 22.4 Å². The second-order valence-electron chi connectivity index (χ2n) is 14.1. The van der Waals surface area contributed by atoms with E-state index in [1.54, 1.807) is 0 Å². The molecule has 0 aliphatic rings. The van der Waals surface area contributed by atoms with Crippen LogP contribution in [0.25, 0.3) is 80.7 Å². The summed E-state index contributed by atoms with van der Waals surface area (Å²) >= 11 is 1.88. The Bertz CT molecular complexity index is 3150. The minimum Gasteiger partial charge on any atom is -0.310 e. The molecule has 0 radical (unpaired) electrons. The fraction of sp³-hybridized carbons (Fsp3) is 0. The maximum atomic E-state index is 2.46. The first-order chi connectivity index (χ1) is 27.3. The van der Waals surface area contributed by atoms with Crippen LogP contribution >= 0.6 is 11.3 Å². The number of nitrogens with zero attached hydrogens (tertiary/aromatic N) is 2. The summed E-state index contributed by atoms with van der Waals surface area (Å²) < 4.78 is 5.03. The minimum atomic E-state index is 1.10. The van der Waals surface area contributed by atoms with E-state index < -0.39 is 0 Å². The molecule has 0 fully saturated rings. The van der Waals surface area contributed by atoms with Crippen LogP contribution in [0.1, 0.15) is 0 Å². The van der Waals surface area contributed by atoms with Crippen molar-refractivity contribution >= 4 is 81.1 Å². The molecule has 11 rings (SSSR count). The van der Waals surface area contributed by atoms with Crippen LogP contribution in [-0.2, 0) is 0 Å². The maximum absolute atomic E-state index is 2.46. The van der Waals surface area contributed by atoms with Crippen LogP contribution < -0.4 is 4.90 Å². The average Bonchev–Trinajstić information content (AvgIpc) is 3.80. The molecule has 2 aromatic heterocycles. The van der Waals surface area contributed by atoms with Crippen LogP contribution in [-0.4, -0.2) is 4.57 Å². The molecule has 258 valence electrons. The van der Waals surface area contributed by atoms with E-state index in [2.05, 4.69) is 216 Å². The third kappa shape index (κ3) is 5.09. The van der Waals surface area contributed by atoms with Crippen LogP contribution in [0, 0.1) is 0 Å². The molecule has 2 heterocycles. The van der Waals surface area contributed by atoms with E-state index >= 15 is 0 Å². The van der Waals surface area contributed by atoms with Gasteiger partial charge < -0.3 is 9.47 Å². The Morgan fingerprint density at radius 1 is 0.382 bits per heavy atom. The van der Waals surface area contributed by atoms with Gasteiger partial charge in [0.1, 0.15) is 0 Å². The zero-order valence-corrected chi connectivity index (χ0v) is 30.7. The van der Waals surface area contributed by atoms with Crippen LogP contribution in [0.5, 0.6) is 0 Å². The second kappa shape index (κ2) is 12.9. The highest BCUT2D eigenvalue weighted by atomic mass is 32.1. The average molecular weight is 719 g/mol. The van der Waals surface area contributed by atoms with Crippen molar-refractivity contribution in [2.45, 2.75) is 0 Å². The first-order valence-electron chi connectivity index (χ1n) is 18.8. The van der Waals surface area contributed by atoms with Crippen molar-refractivity contribution in [2.24, 2.45) is 0 Å². The van der Waals surface area contributed by atoms with Gasteiger partial charge in [-0.1, -0.05) is 152 Å². The lowest BCUT2D eigenvalue weighted by molar-refractivity contribution is 1.18. The molecular formula is C52H34N2S. The molecule has 0 saturated heterocycles. The Morgan fingerprint density at radius 2 is 0.964 bits per heavy atom. The quantitative estimate of drug-likeness (QED) is 0.166. The minimum absolute atomic E-state index is 1.10. The molecule has 0 atom stereocenters. The highest BCUT2D eigenvalue weighted by Crippen LogP contribution is 2.50. The summed E-state index contributed by atoms with van der Waals surface area (Å²) in [6.07, 6.45) is 0. The number of hydrogen-bond acceptors (Lipinski definition) is 2. The fourth-order valence-electron chi connectivity index (χ4n) is 8.56. The monoisotopic (exact) mass is 718 g/mol. The summed E-state index contributed by atoms with van der Waals surface area (Å²) in [4.78, 5) is 2.44. The normalized spacial score (nSPS) is 11.6. The van der Waals surface area contributed by atoms with Crippen molar-refractivity contribution in [1.29, 1.82) is 0 Å². The lowest BCUT2D eigenvalue weighted by atomic mass is 9.96. The van der Waals surface area contributed by atoms with Gasteiger partial charge in [-0.25, -0.2) is 0 Å². The Morgan fingerprint density at radius 3 is 1.75 bits per heavy atom. The molecule has 0 spiro atoms. The molecule has 9 aromatic carbocycles. The van der Waals surface area contributed by atoms with Gasteiger partial charge >= 0.3 is 0 Å². The van der Waals surface area contributed by atoms with Crippen LogP contribution in [0.3, 0.4) is 0 Å².